The summed E-state index contributed by atoms with van der Waals surface area (Å²) in [6, 6.07) is 0. The van der Waals surface area contributed by atoms with Crippen LogP contribution >= 0.6 is 0 Å². The van der Waals surface area contributed by atoms with E-state index < -0.39 is 23.7 Å². The molecule has 8 nitrogen and oxygen atoms in total. The molecule has 8 N–H and O–H groups in total. The molecule has 146 valence electrons. The molecule has 0 aliphatic carbocycles. The van der Waals surface area contributed by atoms with Gasteiger partial charge in [0, 0.05) is 0 Å². The Hall–Kier alpha value is -0.320. The number of hydrogen-bond acceptors (Lipinski definition) is 8. The monoisotopic (exact) mass is 354 g/mol. The van der Waals surface area contributed by atoms with E-state index in [-0.39, 0.29) is 6.42 Å². The number of hydrogen-bond donors (Lipinski definition) is 8. The molecule has 8 heteroatoms. The van der Waals surface area contributed by atoms with E-state index in [1.54, 1.807) is 0 Å². The fourth-order valence-electron chi connectivity index (χ4n) is 2.51. The molecule has 0 saturated heterocycles. The van der Waals surface area contributed by atoms with Crippen LogP contribution in [0.5, 0.6) is 0 Å². The highest BCUT2D eigenvalue weighted by molar-refractivity contribution is 4.92. The Morgan fingerprint density at radius 1 is 0.625 bits per heavy atom. The zero-order valence-corrected chi connectivity index (χ0v) is 14.4. The lowest BCUT2D eigenvalue weighted by Crippen LogP contribution is -2.72. The summed E-state index contributed by atoms with van der Waals surface area (Å²) in [5.74, 6) is -12.0. The van der Waals surface area contributed by atoms with Gasteiger partial charge >= 0.3 is 11.8 Å². The van der Waals surface area contributed by atoms with Crippen molar-refractivity contribution in [1.29, 1.82) is 0 Å². The van der Waals surface area contributed by atoms with E-state index in [1.165, 1.54) is 32.1 Å². The van der Waals surface area contributed by atoms with Gasteiger partial charge in [-0.3, -0.25) is 0 Å². The first-order valence-electron chi connectivity index (χ1n) is 8.73. The predicted molar refractivity (Wildman–Crippen MR) is 86.2 cm³/mol. The van der Waals surface area contributed by atoms with Gasteiger partial charge in [-0.05, 0) is 6.42 Å². The van der Waals surface area contributed by atoms with Gasteiger partial charge in [0.2, 0.25) is 0 Å². The zero-order chi connectivity index (χ0) is 18.9. The first-order valence-corrected chi connectivity index (χ1v) is 8.73. The SMILES string of the molecule is CCCCCCCCCCCCC(O)C(O)(O)C(O)(O)C(O)(O)O. The van der Waals surface area contributed by atoms with Crippen LogP contribution in [-0.2, 0) is 0 Å². The van der Waals surface area contributed by atoms with Gasteiger partial charge in [0.15, 0.2) is 0 Å². The second kappa shape index (κ2) is 10.6. The summed E-state index contributed by atoms with van der Waals surface area (Å²) in [6.45, 7) is 2.17. The van der Waals surface area contributed by atoms with Crippen molar-refractivity contribution in [1.82, 2.24) is 0 Å². The maximum atomic E-state index is 9.65. The molecule has 0 spiro atoms. The smallest absolute Gasteiger partial charge is 0.338 e. The molecular weight excluding hydrogens is 320 g/mol. The molecule has 0 radical (unpaired) electrons. The van der Waals surface area contributed by atoms with Gasteiger partial charge in [0.25, 0.3) is 5.79 Å². The molecular formula is C16H34O8. The number of unbranched alkanes of at least 4 members (excludes halogenated alkanes) is 9. The highest BCUT2D eigenvalue weighted by atomic mass is 16.7. The number of aliphatic hydroxyl groups excluding tert-OH is 1. The van der Waals surface area contributed by atoms with Crippen LogP contribution in [0.1, 0.15) is 77.6 Å². The first kappa shape index (κ1) is 23.7. The maximum Gasteiger partial charge on any atom is 0.338 e. The van der Waals surface area contributed by atoms with Crippen molar-refractivity contribution in [2.24, 2.45) is 0 Å². The third-order valence-corrected chi connectivity index (χ3v) is 4.28. The fraction of sp³-hybridized carbons (Fsp3) is 1.00. The molecule has 24 heavy (non-hydrogen) atoms. The molecule has 0 aromatic heterocycles. The average Bonchev–Trinajstić information content (AvgIpc) is 2.47. The minimum atomic E-state index is -4.20. The van der Waals surface area contributed by atoms with Crippen molar-refractivity contribution in [3.8, 4) is 0 Å². The van der Waals surface area contributed by atoms with Gasteiger partial charge in [-0.15, -0.1) is 0 Å². The molecule has 0 aliphatic rings. The normalized spacial score (nSPS) is 14.9. The van der Waals surface area contributed by atoms with E-state index in [9.17, 15) is 25.5 Å². The highest BCUT2D eigenvalue weighted by Crippen LogP contribution is 2.30. The van der Waals surface area contributed by atoms with E-state index in [1.807, 2.05) is 0 Å². The van der Waals surface area contributed by atoms with Crippen LogP contribution in [0.2, 0.25) is 0 Å². The highest BCUT2D eigenvalue weighted by Gasteiger charge is 2.64. The van der Waals surface area contributed by atoms with E-state index in [2.05, 4.69) is 6.92 Å². The molecule has 1 unspecified atom stereocenters. The Kier molecular flexibility index (Phi) is 10.5. The van der Waals surface area contributed by atoms with Gasteiger partial charge in [0.05, 0.1) is 0 Å². The lowest BCUT2D eigenvalue weighted by atomic mass is 9.93. The summed E-state index contributed by atoms with van der Waals surface area (Å²) in [5, 5.41) is 73.5. The van der Waals surface area contributed by atoms with Crippen molar-refractivity contribution >= 4 is 0 Å². The molecule has 1 atom stereocenters. The molecule has 0 heterocycles. The number of rotatable bonds is 14. The molecule has 0 aromatic carbocycles. The maximum absolute atomic E-state index is 9.65. The van der Waals surface area contributed by atoms with Crippen LogP contribution < -0.4 is 0 Å². The Morgan fingerprint density at radius 2 is 1.00 bits per heavy atom. The van der Waals surface area contributed by atoms with Gasteiger partial charge in [0.1, 0.15) is 6.10 Å². The van der Waals surface area contributed by atoms with Crippen LogP contribution in [0.15, 0.2) is 0 Å². The van der Waals surface area contributed by atoms with Crippen molar-refractivity contribution in [2.45, 2.75) is 101 Å². The second-order valence-electron chi connectivity index (χ2n) is 6.52. The van der Waals surface area contributed by atoms with Gasteiger partial charge in [-0.25, -0.2) is 0 Å². The minimum absolute atomic E-state index is 0.206. The van der Waals surface area contributed by atoms with Crippen molar-refractivity contribution in [3.63, 3.8) is 0 Å². The Morgan fingerprint density at radius 3 is 1.38 bits per heavy atom. The van der Waals surface area contributed by atoms with E-state index >= 15 is 0 Å². The molecule has 0 amide bonds. The zero-order valence-electron chi connectivity index (χ0n) is 14.4. The lowest BCUT2D eigenvalue weighted by molar-refractivity contribution is -0.517. The lowest BCUT2D eigenvalue weighted by Gasteiger charge is -2.41. The summed E-state index contributed by atoms with van der Waals surface area (Å²) in [6.07, 6.45) is 7.99. The fourth-order valence-corrected chi connectivity index (χ4v) is 2.51. The standard InChI is InChI=1S/C16H34O8/c1-2-3-4-5-6-7-8-9-10-11-12-13(17)14(18,19)15(20,21)16(22,23)24/h13,17-24H,2-12H2,1H3. The summed E-state index contributed by atoms with van der Waals surface area (Å²) in [7, 11) is 0. The second-order valence-corrected chi connectivity index (χ2v) is 6.52. The predicted octanol–water partition coefficient (Wildman–Crippen LogP) is -0.349. The van der Waals surface area contributed by atoms with Gasteiger partial charge in [-0.2, -0.15) is 0 Å². The van der Waals surface area contributed by atoms with E-state index in [4.69, 9.17) is 15.3 Å². The average molecular weight is 354 g/mol. The van der Waals surface area contributed by atoms with E-state index in [0.717, 1.165) is 19.3 Å². The van der Waals surface area contributed by atoms with Crippen molar-refractivity contribution in [3.05, 3.63) is 0 Å². The summed E-state index contributed by atoms with van der Waals surface area (Å²) in [5.41, 5.74) is 0. The Bertz CT molecular complexity index is 325. The Balaban J connectivity index is 3.95. The molecule has 0 rings (SSSR count). The molecule has 0 bridgehead atoms. The largest absolute Gasteiger partial charge is 0.387 e. The third kappa shape index (κ3) is 7.28. The summed E-state index contributed by atoms with van der Waals surface area (Å²) >= 11 is 0. The van der Waals surface area contributed by atoms with Crippen molar-refractivity contribution < 1.29 is 40.9 Å². The van der Waals surface area contributed by atoms with Crippen LogP contribution in [0.25, 0.3) is 0 Å². The van der Waals surface area contributed by atoms with Crippen molar-refractivity contribution in [2.75, 3.05) is 0 Å². The molecule has 0 aliphatic heterocycles. The van der Waals surface area contributed by atoms with Gasteiger partial charge in [-0.1, -0.05) is 71.1 Å². The quantitative estimate of drug-likeness (QED) is 0.155. The van der Waals surface area contributed by atoms with Crippen LogP contribution in [-0.4, -0.2) is 64.5 Å². The molecule has 0 saturated carbocycles. The first-order chi connectivity index (χ1) is 11.0. The van der Waals surface area contributed by atoms with Crippen LogP contribution in [0.4, 0.5) is 0 Å². The summed E-state index contributed by atoms with van der Waals surface area (Å²) in [4.78, 5) is 0. The van der Waals surface area contributed by atoms with Crippen LogP contribution in [0.3, 0.4) is 0 Å². The van der Waals surface area contributed by atoms with E-state index in [0.29, 0.717) is 12.8 Å². The molecule has 0 aromatic rings. The van der Waals surface area contributed by atoms with Gasteiger partial charge < -0.3 is 40.9 Å². The Labute approximate surface area is 143 Å². The van der Waals surface area contributed by atoms with Crippen LogP contribution in [0, 0.1) is 0 Å². The third-order valence-electron chi connectivity index (χ3n) is 4.28. The minimum Gasteiger partial charge on any atom is -0.387 e. The number of aliphatic hydroxyl groups is 8. The molecule has 0 fully saturated rings. The topological polar surface area (TPSA) is 162 Å². The summed E-state index contributed by atoms with van der Waals surface area (Å²) < 4.78 is 0.